The Morgan fingerprint density at radius 2 is 1.77 bits per heavy atom. The number of amides is 1. The Labute approximate surface area is 226 Å². The molecule has 0 bridgehead atoms. The van der Waals surface area contributed by atoms with Crippen LogP contribution in [-0.2, 0) is 11.8 Å². The zero-order valence-corrected chi connectivity index (χ0v) is 21.6. The highest BCUT2D eigenvalue weighted by atomic mass is 19.4. The lowest BCUT2D eigenvalue weighted by Gasteiger charge is -2.38. The molecule has 0 saturated carbocycles. The molecule has 5 rings (SSSR count). The van der Waals surface area contributed by atoms with Crippen LogP contribution in [0.1, 0.15) is 53.3 Å². The number of ether oxygens (including phenoxy) is 1. The summed E-state index contributed by atoms with van der Waals surface area (Å²) in [5.74, 6) is -0.639. The summed E-state index contributed by atoms with van der Waals surface area (Å²) in [7, 11) is 1.32. The third-order valence-electron chi connectivity index (χ3n) is 7.09. The van der Waals surface area contributed by atoms with E-state index in [0.717, 1.165) is 6.07 Å². The minimum absolute atomic E-state index is 0.00955. The molecule has 1 aliphatic rings. The molecule has 3 N–H and O–H groups in total. The molecule has 1 unspecified atom stereocenters. The van der Waals surface area contributed by atoms with Gasteiger partial charge in [0.15, 0.2) is 11.5 Å². The highest BCUT2D eigenvalue weighted by Gasteiger charge is 2.38. The summed E-state index contributed by atoms with van der Waals surface area (Å²) in [5, 5.41) is 11.4. The summed E-state index contributed by atoms with van der Waals surface area (Å²) in [6.45, 7) is 2.01. The number of hydrogen-bond donors (Lipinski definition) is 2. The zero-order chi connectivity index (χ0) is 28.8. The van der Waals surface area contributed by atoms with Gasteiger partial charge in [-0.25, -0.2) is 14.4 Å². The number of aliphatic hydroxyl groups is 1. The van der Waals surface area contributed by atoms with Crippen LogP contribution in [0.3, 0.4) is 0 Å². The number of hydrogen-bond acceptors (Lipinski definition) is 7. The third kappa shape index (κ3) is 5.00. The fourth-order valence-corrected chi connectivity index (χ4v) is 4.89. The maximum atomic E-state index is 13.5. The van der Waals surface area contributed by atoms with Gasteiger partial charge in [0.2, 0.25) is 5.89 Å². The molecule has 8 nitrogen and oxygen atoms in total. The van der Waals surface area contributed by atoms with Crippen molar-refractivity contribution in [2.75, 3.05) is 20.2 Å². The van der Waals surface area contributed by atoms with Crippen LogP contribution in [0.2, 0.25) is 0 Å². The summed E-state index contributed by atoms with van der Waals surface area (Å²) in [6.07, 6.45) is -4.21. The topological polar surface area (TPSA) is 115 Å². The Morgan fingerprint density at radius 3 is 2.38 bits per heavy atom. The van der Waals surface area contributed by atoms with Crippen molar-refractivity contribution in [1.29, 1.82) is 0 Å². The number of halogens is 4. The molecular weight excluding hydrogens is 532 g/mol. The van der Waals surface area contributed by atoms with Crippen molar-refractivity contribution >= 4 is 16.8 Å². The zero-order valence-electron chi connectivity index (χ0n) is 21.6. The first-order chi connectivity index (χ1) is 18.9. The number of benzene rings is 2. The highest BCUT2D eigenvalue weighted by molar-refractivity contribution is 5.98. The van der Waals surface area contributed by atoms with Gasteiger partial charge in [-0.15, -0.1) is 0 Å². The summed E-state index contributed by atoms with van der Waals surface area (Å²) < 4.78 is 64.5. The van der Waals surface area contributed by atoms with Crippen LogP contribution in [0.5, 0.6) is 5.75 Å². The second-order valence-corrected chi connectivity index (χ2v) is 9.76. The van der Waals surface area contributed by atoms with E-state index in [0.29, 0.717) is 11.1 Å². The lowest BCUT2D eigenvalue weighted by atomic mass is 9.84. The van der Waals surface area contributed by atoms with Crippen LogP contribution < -0.4 is 10.5 Å². The van der Waals surface area contributed by atoms with Gasteiger partial charge in [0, 0.05) is 24.0 Å². The van der Waals surface area contributed by atoms with Crippen molar-refractivity contribution in [3.05, 3.63) is 77.1 Å². The van der Waals surface area contributed by atoms with Crippen molar-refractivity contribution in [2.45, 2.75) is 37.6 Å². The molecule has 3 heterocycles. The lowest BCUT2D eigenvalue weighted by molar-refractivity contribution is -0.140. The molecule has 1 amide bonds. The van der Waals surface area contributed by atoms with E-state index in [-0.39, 0.29) is 59.9 Å². The number of pyridine rings is 1. The molecule has 1 saturated heterocycles. The number of rotatable bonds is 5. The van der Waals surface area contributed by atoms with Gasteiger partial charge in [-0.2, -0.15) is 13.2 Å². The maximum Gasteiger partial charge on any atom is 0.433 e. The van der Waals surface area contributed by atoms with Gasteiger partial charge < -0.3 is 24.9 Å². The van der Waals surface area contributed by atoms with Crippen molar-refractivity contribution in [3.63, 3.8) is 0 Å². The summed E-state index contributed by atoms with van der Waals surface area (Å²) in [6, 6.07) is 9.99. The molecule has 0 radical (unpaired) electrons. The molecule has 1 fully saturated rings. The molecule has 1 aliphatic heterocycles. The number of nitrogens with zero attached hydrogens (tertiary/aromatic N) is 3. The van der Waals surface area contributed by atoms with Crippen LogP contribution in [0, 0.1) is 5.82 Å². The van der Waals surface area contributed by atoms with E-state index in [1.807, 2.05) is 0 Å². The molecule has 40 heavy (non-hydrogen) atoms. The average molecular weight is 559 g/mol. The van der Waals surface area contributed by atoms with E-state index in [1.165, 1.54) is 48.4 Å². The predicted molar refractivity (Wildman–Crippen MR) is 137 cm³/mol. The number of carbonyl (C=O) groups is 1. The SMILES string of the molecule is COc1ccc(-c2nc(C(=O)N3CCC(O)(c4ccc(F)cc4)CC3)c(C(C)N)o2)c2ccc(C(F)(F)F)nc12. The van der Waals surface area contributed by atoms with E-state index in [2.05, 4.69) is 9.97 Å². The Bertz CT molecular complexity index is 1560. The predicted octanol–water partition coefficient (Wildman–Crippen LogP) is 5.20. The number of carbonyl (C=O) groups excluding carboxylic acids is 1. The first-order valence-electron chi connectivity index (χ1n) is 12.5. The van der Waals surface area contributed by atoms with E-state index < -0.39 is 35.2 Å². The normalized spacial score (nSPS) is 16.2. The number of nitrogens with two attached hydrogens (primary N) is 1. The molecule has 210 valence electrons. The number of oxazole rings is 1. The number of fused-ring (bicyclic) bond motifs is 1. The Hall–Kier alpha value is -4.03. The Kier molecular flexibility index (Phi) is 7.01. The molecule has 0 aliphatic carbocycles. The largest absolute Gasteiger partial charge is 0.494 e. The second-order valence-electron chi connectivity index (χ2n) is 9.76. The fourth-order valence-electron chi connectivity index (χ4n) is 4.89. The van der Waals surface area contributed by atoms with Crippen molar-refractivity contribution in [2.24, 2.45) is 5.73 Å². The molecular formula is C28H26F4N4O4. The number of piperidine rings is 1. The van der Waals surface area contributed by atoms with Crippen molar-refractivity contribution in [3.8, 4) is 17.2 Å². The van der Waals surface area contributed by atoms with Crippen molar-refractivity contribution < 1.29 is 36.6 Å². The average Bonchev–Trinajstić information content (AvgIpc) is 3.38. The summed E-state index contributed by atoms with van der Waals surface area (Å²) >= 11 is 0. The van der Waals surface area contributed by atoms with Crippen LogP contribution in [-0.4, -0.2) is 46.1 Å². The van der Waals surface area contributed by atoms with Gasteiger partial charge in [0.1, 0.15) is 22.8 Å². The van der Waals surface area contributed by atoms with Crippen molar-refractivity contribution in [1.82, 2.24) is 14.9 Å². The van der Waals surface area contributed by atoms with Gasteiger partial charge in [0.25, 0.3) is 5.91 Å². The Balaban J connectivity index is 1.47. The summed E-state index contributed by atoms with van der Waals surface area (Å²) in [4.78, 5) is 23.2. The van der Waals surface area contributed by atoms with E-state index in [1.54, 1.807) is 13.0 Å². The minimum atomic E-state index is -4.66. The first-order valence-corrected chi connectivity index (χ1v) is 12.5. The molecule has 2 aromatic carbocycles. The highest BCUT2D eigenvalue weighted by Crippen LogP contribution is 2.38. The van der Waals surface area contributed by atoms with Gasteiger partial charge in [-0.3, -0.25) is 4.79 Å². The van der Waals surface area contributed by atoms with Crippen LogP contribution in [0.15, 0.2) is 52.9 Å². The second kappa shape index (κ2) is 10.2. The van der Waals surface area contributed by atoms with E-state index in [4.69, 9.17) is 14.9 Å². The van der Waals surface area contributed by atoms with E-state index >= 15 is 0 Å². The number of alkyl halides is 3. The fraction of sp³-hybridized carbons (Fsp3) is 0.321. The number of methoxy groups -OCH3 is 1. The van der Waals surface area contributed by atoms with Gasteiger partial charge >= 0.3 is 6.18 Å². The Morgan fingerprint density at radius 1 is 1.10 bits per heavy atom. The molecule has 12 heteroatoms. The van der Waals surface area contributed by atoms with E-state index in [9.17, 15) is 27.5 Å². The summed E-state index contributed by atoms with van der Waals surface area (Å²) in [5.41, 5.74) is 4.60. The standard InChI is InChI=1S/C28H26F4N4O4/c1-15(33)24-23(26(37)36-13-11-27(38,12-14-36)16-3-5-17(29)6-4-16)35-25(40-24)19-7-9-20(39-2)22-18(19)8-10-21(34-22)28(30,31)32/h3-10,15,38H,11-14,33H2,1-2H3. The maximum absolute atomic E-state index is 13.5. The van der Waals surface area contributed by atoms with Gasteiger partial charge in [-0.1, -0.05) is 12.1 Å². The third-order valence-corrected chi connectivity index (χ3v) is 7.09. The van der Waals surface area contributed by atoms with Gasteiger partial charge in [0.05, 0.1) is 18.8 Å². The minimum Gasteiger partial charge on any atom is -0.494 e. The quantitative estimate of drug-likeness (QED) is 0.324. The first kappa shape index (κ1) is 27.5. The molecule has 4 aromatic rings. The van der Waals surface area contributed by atoms with Crippen LogP contribution >= 0.6 is 0 Å². The molecule has 2 aromatic heterocycles. The number of aromatic nitrogens is 2. The lowest BCUT2D eigenvalue weighted by Crippen LogP contribution is -2.45. The monoisotopic (exact) mass is 558 g/mol. The van der Waals surface area contributed by atoms with Crippen LogP contribution in [0.4, 0.5) is 17.6 Å². The van der Waals surface area contributed by atoms with Gasteiger partial charge in [-0.05, 0) is 61.7 Å². The number of likely N-dealkylation sites (tertiary alicyclic amines) is 1. The molecule has 0 spiro atoms. The molecule has 1 atom stereocenters. The smallest absolute Gasteiger partial charge is 0.433 e. The van der Waals surface area contributed by atoms with Crippen LogP contribution in [0.25, 0.3) is 22.4 Å².